The first-order valence-corrected chi connectivity index (χ1v) is 3.80. The van der Waals surface area contributed by atoms with Crippen molar-refractivity contribution < 1.29 is 0 Å². The third kappa shape index (κ3) is 2.33. The van der Waals surface area contributed by atoms with Crippen molar-refractivity contribution in [3.63, 3.8) is 0 Å². The molecule has 1 radical (unpaired) electrons. The number of rotatable bonds is 2. The van der Waals surface area contributed by atoms with Gasteiger partial charge in [-0.3, -0.25) is 0 Å². The lowest BCUT2D eigenvalue weighted by Gasteiger charge is -2.21. The van der Waals surface area contributed by atoms with Gasteiger partial charge < -0.3 is 5.32 Å². The number of nitrogens with zero attached hydrogens (tertiary/aromatic N) is 1. The summed E-state index contributed by atoms with van der Waals surface area (Å²) in [6, 6.07) is 0.757. The van der Waals surface area contributed by atoms with Gasteiger partial charge in [0.15, 0.2) is 0 Å². The van der Waals surface area contributed by atoms with Crippen LogP contribution in [0.2, 0.25) is 0 Å². The van der Waals surface area contributed by atoms with Crippen LogP contribution in [0.25, 0.3) is 0 Å². The van der Waals surface area contributed by atoms with Gasteiger partial charge in [-0.2, -0.15) is 0 Å². The molecule has 1 N–H and O–H groups in total. The smallest absolute Gasteiger partial charge is 0.0148 e. The minimum atomic E-state index is 0.757. The van der Waals surface area contributed by atoms with E-state index in [0.29, 0.717) is 0 Å². The van der Waals surface area contributed by atoms with Crippen LogP contribution in [0.15, 0.2) is 0 Å². The standard InChI is InChI=1S/C7H15N2/c1-2-9-7-3-5-8-6-4-7/h7,9H,2-6H2,1H3. The van der Waals surface area contributed by atoms with Crippen molar-refractivity contribution in [1.82, 2.24) is 10.6 Å². The Balaban J connectivity index is 2.08. The number of hydrogen-bond acceptors (Lipinski definition) is 1. The first kappa shape index (κ1) is 7.03. The molecular weight excluding hydrogens is 112 g/mol. The van der Waals surface area contributed by atoms with E-state index in [1.54, 1.807) is 0 Å². The molecule has 0 atom stereocenters. The second kappa shape index (κ2) is 3.85. The van der Waals surface area contributed by atoms with Gasteiger partial charge in [0.1, 0.15) is 0 Å². The fourth-order valence-corrected chi connectivity index (χ4v) is 1.24. The molecule has 1 saturated heterocycles. The first-order valence-electron chi connectivity index (χ1n) is 3.80. The van der Waals surface area contributed by atoms with E-state index in [-0.39, 0.29) is 0 Å². The van der Waals surface area contributed by atoms with E-state index in [1.807, 2.05) is 0 Å². The Hall–Kier alpha value is -0.0800. The summed E-state index contributed by atoms with van der Waals surface area (Å²) in [5.41, 5.74) is 0. The number of nitrogens with one attached hydrogen (secondary N) is 1. The Morgan fingerprint density at radius 3 is 2.67 bits per heavy atom. The molecule has 1 rings (SSSR count). The Bertz CT molecular complexity index is 64.6. The van der Waals surface area contributed by atoms with E-state index in [0.717, 1.165) is 25.7 Å². The highest BCUT2D eigenvalue weighted by Crippen LogP contribution is 2.01. The van der Waals surface area contributed by atoms with Crippen LogP contribution in [-0.4, -0.2) is 25.7 Å². The minimum absolute atomic E-state index is 0.757. The van der Waals surface area contributed by atoms with Gasteiger partial charge in [0.2, 0.25) is 0 Å². The summed E-state index contributed by atoms with van der Waals surface area (Å²) in [5.74, 6) is 0. The Morgan fingerprint density at radius 2 is 2.11 bits per heavy atom. The molecule has 0 amide bonds. The van der Waals surface area contributed by atoms with Crippen molar-refractivity contribution in [2.45, 2.75) is 25.8 Å². The minimum Gasteiger partial charge on any atom is -0.314 e. The molecule has 0 spiro atoms. The summed E-state index contributed by atoms with van der Waals surface area (Å²) < 4.78 is 0. The average Bonchev–Trinajstić information content (AvgIpc) is 1.91. The van der Waals surface area contributed by atoms with Crippen molar-refractivity contribution in [3.05, 3.63) is 0 Å². The van der Waals surface area contributed by atoms with E-state index in [4.69, 9.17) is 0 Å². The third-order valence-electron chi connectivity index (χ3n) is 1.76. The van der Waals surface area contributed by atoms with E-state index in [1.165, 1.54) is 12.8 Å². The van der Waals surface area contributed by atoms with Gasteiger partial charge in [-0.25, -0.2) is 5.32 Å². The van der Waals surface area contributed by atoms with E-state index in [9.17, 15) is 0 Å². The summed E-state index contributed by atoms with van der Waals surface area (Å²) in [7, 11) is 0. The van der Waals surface area contributed by atoms with Crippen molar-refractivity contribution in [1.29, 1.82) is 0 Å². The summed E-state index contributed by atoms with van der Waals surface area (Å²) in [6.45, 7) is 5.39. The van der Waals surface area contributed by atoms with Crippen LogP contribution in [0.3, 0.4) is 0 Å². The molecule has 0 bridgehead atoms. The zero-order valence-electron chi connectivity index (χ0n) is 6.06. The second-order valence-electron chi connectivity index (χ2n) is 2.50. The summed E-state index contributed by atoms with van der Waals surface area (Å²) in [6.07, 6.45) is 2.49. The third-order valence-corrected chi connectivity index (χ3v) is 1.76. The highest BCUT2D eigenvalue weighted by Gasteiger charge is 2.10. The molecule has 2 heteroatoms. The van der Waals surface area contributed by atoms with Crippen LogP contribution in [0, 0.1) is 0 Å². The van der Waals surface area contributed by atoms with E-state index < -0.39 is 0 Å². The zero-order valence-corrected chi connectivity index (χ0v) is 6.06. The molecule has 1 fully saturated rings. The fourth-order valence-electron chi connectivity index (χ4n) is 1.24. The van der Waals surface area contributed by atoms with Gasteiger partial charge in [0, 0.05) is 19.1 Å². The monoisotopic (exact) mass is 127 g/mol. The lowest BCUT2D eigenvalue weighted by Crippen LogP contribution is -2.37. The van der Waals surface area contributed by atoms with Crippen molar-refractivity contribution in [3.8, 4) is 0 Å². The average molecular weight is 127 g/mol. The van der Waals surface area contributed by atoms with Gasteiger partial charge in [-0.05, 0) is 19.4 Å². The molecule has 0 aromatic rings. The van der Waals surface area contributed by atoms with Gasteiger partial charge in [0.25, 0.3) is 0 Å². The summed E-state index contributed by atoms with van der Waals surface area (Å²) in [5, 5.41) is 7.69. The predicted octanol–water partition coefficient (Wildman–Crippen LogP) is 0.363. The Kier molecular flexibility index (Phi) is 3.01. The Morgan fingerprint density at radius 1 is 1.44 bits per heavy atom. The summed E-state index contributed by atoms with van der Waals surface area (Å²) in [4.78, 5) is 0. The maximum Gasteiger partial charge on any atom is 0.0148 e. The maximum absolute atomic E-state index is 4.27. The molecule has 0 aliphatic carbocycles. The van der Waals surface area contributed by atoms with Crippen LogP contribution < -0.4 is 10.6 Å². The largest absolute Gasteiger partial charge is 0.314 e. The highest BCUT2D eigenvalue weighted by atomic mass is 15.0. The SMILES string of the molecule is CCNC1CC[N]CC1. The van der Waals surface area contributed by atoms with Crippen LogP contribution in [-0.2, 0) is 0 Å². The molecule has 0 saturated carbocycles. The van der Waals surface area contributed by atoms with E-state index in [2.05, 4.69) is 17.6 Å². The van der Waals surface area contributed by atoms with Crippen molar-refractivity contribution in [2.24, 2.45) is 0 Å². The molecular formula is C7H15N2. The van der Waals surface area contributed by atoms with Gasteiger partial charge in [-0.15, -0.1) is 0 Å². The van der Waals surface area contributed by atoms with Gasteiger partial charge in [0.05, 0.1) is 0 Å². The molecule has 0 aromatic heterocycles. The van der Waals surface area contributed by atoms with E-state index >= 15 is 0 Å². The maximum atomic E-state index is 4.27. The summed E-state index contributed by atoms with van der Waals surface area (Å²) >= 11 is 0. The van der Waals surface area contributed by atoms with Crippen LogP contribution >= 0.6 is 0 Å². The molecule has 1 aliphatic heterocycles. The van der Waals surface area contributed by atoms with Gasteiger partial charge >= 0.3 is 0 Å². The fraction of sp³-hybridized carbons (Fsp3) is 1.00. The number of hydrogen-bond donors (Lipinski definition) is 1. The van der Waals surface area contributed by atoms with Gasteiger partial charge in [-0.1, -0.05) is 6.92 Å². The molecule has 0 aromatic carbocycles. The lowest BCUT2D eigenvalue weighted by molar-refractivity contribution is 0.390. The quantitative estimate of drug-likeness (QED) is 0.569. The molecule has 1 heterocycles. The van der Waals surface area contributed by atoms with Crippen molar-refractivity contribution >= 4 is 0 Å². The number of piperidine rings is 1. The molecule has 0 unspecified atom stereocenters. The second-order valence-corrected chi connectivity index (χ2v) is 2.50. The Labute approximate surface area is 57.0 Å². The molecule has 9 heavy (non-hydrogen) atoms. The van der Waals surface area contributed by atoms with Crippen LogP contribution in [0.4, 0.5) is 0 Å². The normalized spacial score (nSPS) is 22.3. The highest BCUT2D eigenvalue weighted by molar-refractivity contribution is 4.72. The topological polar surface area (TPSA) is 26.1 Å². The predicted molar refractivity (Wildman–Crippen MR) is 38.6 cm³/mol. The van der Waals surface area contributed by atoms with Crippen molar-refractivity contribution in [2.75, 3.05) is 19.6 Å². The molecule has 2 nitrogen and oxygen atoms in total. The molecule has 53 valence electrons. The van der Waals surface area contributed by atoms with Crippen LogP contribution in [0.5, 0.6) is 0 Å². The first-order chi connectivity index (χ1) is 4.43. The zero-order chi connectivity index (χ0) is 6.53. The lowest BCUT2D eigenvalue weighted by atomic mass is 10.1. The van der Waals surface area contributed by atoms with Crippen LogP contribution in [0.1, 0.15) is 19.8 Å². The molecule has 1 aliphatic rings.